The summed E-state index contributed by atoms with van der Waals surface area (Å²) in [5.74, 6) is 0.468. The van der Waals surface area contributed by atoms with Gasteiger partial charge in [0.1, 0.15) is 6.10 Å². The zero-order valence-electron chi connectivity index (χ0n) is 14.9. The van der Waals surface area contributed by atoms with Crippen molar-refractivity contribution in [1.29, 1.82) is 0 Å². The predicted octanol–water partition coefficient (Wildman–Crippen LogP) is 4.36. The minimum absolute atomic E-state index is 0.0586. The van der Waals surface area contributed by atoms with Crippen molar-refractivity contribution in [2.24, 2.45) is 5.92 Å². The number of hydrogen-bond acceptors (Lipinski definition) is 3. The van der Waals surface area contributed by atoms with Crippen LogP contribution in [-0.2, 0) is 16.1 Å². The molecule has 0 aliphatic carbocycles. The lowest BCUT2D eigenvalue weighted by atomic mass is 9.97. The first-order valence-corrected chi connectivity index (χ1v) is 8.93. The van der Waals surface area contributed by atoms with Crippen LogP contribution in [0.5, 0.6) is 0 Å². The molecule has 1 fully saturated rings. The Morgan fingerprint density at radius 1 is 1.12 bits per heavy atom. The van der Waals surface area contributed by atoms with E-state index in [1.54, 1.807) is 0 Å². The summed E-state index contributed by atoms with van der Waals surface area (Å²) < 4.78 is 5.63. The summed E-state index contributed by atoms with van der Waals surface area (Å²) in [5, 5.41) is 6.46. The molecule has 4 heteroatoms. The van der Waals surface area contributed by atoms with Crippen molar-refractivity contribution in [2.45, 2.75) is 39.3 Å². The van der Waals surface area contributed by atoms with Crippen molar-refractivity contribution in [3.05, 3.63) is 59.7 Å². The summed E-state index contributed by atoms with van der Waals surface area (Å²) in [6.45, 7) is 5.65. The van der Waals surface area contributed by atoms with Gasteiger partial charge < -0.3 is 15.4 Å². The minimum atomic E-state index is -0.354. The Bertz CT molecular complexity index is 729. The summed E-state index contributed by atoms with van der Waals surface area (Å²) in [6.07, 6.45) is 1.45. The maximum atomic E-state index is 12.5. The van der Waals surface area contributed by atoms with Gasteiger partial charge in [0.15, 0.2) is 0 Å². The maximum absolute atomic E-state index is 12.5. The van der Waals surface area contributed by atoms with Gasteiger partial charge in [0.2, 0.25) is 0 Å². The number of amides is 1. The van der Waals surface area contributed by atoms with Gasteiger partial charge in [0.25, 0.3) is 5.91 Å². The summed E-state index contributed by atoms with van der Waals surface area (Å²) in [7, 11) is 0. The van der Waals surface area contributed by atoms with E-state index >= 15 is 0 Å². The number of anilines is 2. The van der Waals surface area contributed by atoms with Gasteiger partial charge in [-0.3, -0.25) is 4.79 Å². The fraction of sp³-hybridized carbons (Fsp3) is 0.381. The summed E-state index contributed by atoms with van der Waals surface area (Å²) >= 11 is 0. The number of benzene rings is 2. The van der Waals surface area contributed by atoms with E-state index in [1.807, 2.05) is 36.4 Å². The highest BCUT2D eigenvalue weighted by atomic mass is 16.5. The van der Waals surface area contributed by atoms with Crippen molar-refractivity contribution in [2.75, 3.05) is 17.2 Å². The van der Waals surface area contributed by atoms with Crippen LogP contribution in [-0.4, -0.2) is 18.6 Å². The van der Waals surface area contributed by atoms with E-state index in [1.165, 1.54) is 11.1 Å². The normalized spacial score (nSPS) is 20.1. The van der Waals surface area contributed by atoms with Gasteiger partial charge in [0.05, 0.1) is 11.4 Å². The van der Waals surface area contributed by atoms with Gasteiger partial charge in [0, 0.05) is 13.2 Å². The van der Waals surface area contributed by atoms with Crippen molar-refractivity contribution in [3.63, 3.8) is 0 Å². The molecule has 2 aromatic rings. The molecule has 25 heavy (non-hydrogen) atoms. The Labute approximate surface area is 149 Å². The quantitative estimate of drug-likeness (QED) is 0.851. The van der Waals surface area contributed by atoms with E-state index in [0.29, 0.717) is 12.5 Å². The number of aryl methyl sites for hydroxylation is 1. The second-order valence-electron chi connectivity index (χ2n) is 6.80. The molecule has 0 saturated carbocycles. The number of para-hydroxylation sites is 2. The molecule has 3 rings (SSSR count). The molecular formula is C21H26N2O2. The lowest BCUT2D eigenvalue weighted by Crippen LogP contribution is -2.35. The molecule has 2 aromatic carbocycles. The third-order valence-corrected chi connectivity index (χ3v) is 4.75. The maximum Gasteiger partial charge on any atom is 0.253 e. The standard InChI is InChI=1S/C21H26N2O2/c1-15-11-12-25-20(13-15)21(24)23-19-10-6-5-9-18(19)22-14-17-8-4-3-7-16(17)2/h3-10,15,20,22H,11-14H2,1-2H3,(H,23,24)/t15-,20-/m0/s1. The molecule has 1 heterocycles. The molecule has 1 saturated heterocycles. The van der Waals surface area contributed by atoms with Crippen molar-refractivity contribution in [1.82, 2.24) is 0 Å². The van der Waals surface area contributed by atoms with Crippen molar-refractivity contribution >= 4 is 17.3 Å². The zero-order valence-corrected chi connectivity index (χ0v) is 14.9. The van der Waals surface area contributed by atoms with Crippen LogP contribution in [0, 0.1) is 12.8 Å². The summed E-state index contributed by atoms with van der Waals surface area (Å²) in [6, 6.07) is 16.1. The van der Waals surface area contributed by atoms with Gasteiger partial charge in [-0.25, -0.2) is 0 Å². The topological polar surface area (TPSA) is 50.4 Å². The van der Waals surface area contributed by atoms with E-state index in [9.17, 15) is 4.79 Å². The van der Waals surface area contributed by atoms with Gasteiger partial charge in [-0.2, -0.15) is 0 Å². The lowest BCUT2D eigenvalue weighted by molar-refractivity contribution is -0.131. The van der Waals surface area contributed by atoms with Gasteiger partial charge in [-0.15, -0.1) is 0 Å². The monoisotopic (exact) mass is 338 g/mol. The molecule has 1 aliphatic heterocycles. The van der Waals surface area contributed by atoms with Gasteiger partial charge in [-0.1, -0.05) is 43.3 Å². The Kier molecular flexibility index (Phi) is 5.71. The number of hydrogen-bond donors (Lipinski definition) is 2. The Morgan fingerprint density at radius 2 is 1.84 bits per heavy atom. The molecule has 1 aliphatic rings. The van der Waals surface area contributed by atoms with Crippen LogP contribution >= 0.6 is 0 Å². The fourth-order valence-electron chi connectivity index (χ4n) is 3.10. The first-order chi connectivity index (χ1) is 12.1. The highest BCUT2D eigenvalue weighted by Crippen LogP contribution is 2.25. The van der Waals surface area contributed by atoms with Gasteiger partial charge >= 0.3 is 0 Å². The second-order valence-corrected chi connectivity index (χ2v) is 6.80. The number of ether oxygens (including phenoxy) is 1. The van der Waals surface area contributed by atoms with Gasteiger partial charge in [-0.05, 0) is 48.9 Å². The zero-order chi connectivity index (χ0) is 17.6. The van der Waals surface area contributed by atoms with Crippen LogP contribution in [0.15, 0.2) is 48.5 Å². The minimum Gasteiger partial charge on any atom is -0.379 e. The molecule has 0 spiro atoms. The van der Waals surface area contributed by atoms with Crippen LogP contribution in [0.25, 0.3) is 0 Å². The van der Waals surface area contributed by atoms with Crippen molar-refractivity contribution < 1.29 is 9.53 Å². The molecule has 1 amide bonds. The largest absolute Gasteiger partial charge is 0.379 e. The van der Waals surface area contributed by atoms with Crippen LogP contribution in [0.4, 0.5) is 11.4 Å². The Morgan fingerprint density at radius 3 is 2.60 bits per heavy atom. The number of carbonyl (C=O) groups is 1. The predicted molar refractivity (Wildman–Crippen MR) is 102 cm³/mol. The van der Waals surface area contributed by atoms with Crippen molar-refractivity contribution in [3.8, 4) is 0 Å². The SMILES string of the molecule is Cc1ccccc1CNc1ccccc1NC(=O)[C@@H]1C[C@@H](C)CCO1. The average molecular weight is 338 g/mol. The second kappa shape index (κ2) is 8.17. The van der Waals surface area contributed by atoms with E-state index in [2.05, 4.69) is 36.6 Å². The molecule has 0 aromatic heterocycles. The number of rotatable bonds is 5. The summed E-state index contributed by atoms with van der Waals surface area (Å²) in [5.41, 5.74) is 4.21. The highest BCUT2D eigenvalue weighted by molar-refractivity contribution is 5.97. The average Bonchev–Trinajstić information content (AvgIpc) is 2.62. The molecule has 0 bridgehead atoms. The summed E-state index contributed by atoms with van der Waals surface area (Å²) in [4.78, 5) is 12.5. The van der Waals surface area contributed by atoms with E-state index in [4.69, 9.17) is 4.74 Å². The van der Waals surface area contributed by atoms with E-state index in [-0.39, 0.29) is 12.0 Å². The smallest absolute Gasteiger partial charge is 0.253 e. The lowest BCUT2D eigenvalue weighted by Gasteiger charge is -2.26. The fourth-order valence-corrected chi connectivity index (χ4v) is 3.10. The molecule has 2 N–H and O–H groups in total. The third-order valence-electron chi connectivity index (χ3n) is 4.75. The molecule has 2 atom stereocenters. The molecule has 0 unspecified atom stereocenters. The molecule has 4 nitrogen and oxygen atoms in total. The highest BCUT2D eigenvalue weighted by Gasteiger charge is 2.26. The van der Waals surface area contributed by atoms with Crippen LogP contribution < -0.4 is 10.6 Å². The first-order valence-electron chi connectivity index (χ1n) is 8.93. The first kappa shape index (κ1) is 17.5. The van der Waals surface area contributed by atoms with Crippen LogP contribution in [0.2, 0.25) is 0 Å². The molecule has 0 radical (unpaired) electrons. The Balaban J connectivity index is 1.66. The van der Waals surface area contributed by atoms with E-state index in [0.717, 1.165) is 30.8 Å². The van der Waals surface area contributed by atoms with E-state index < -0.39 is 0 Å². The molecule has 132 valence electrons. The third kappa shape index (κ3) is 4.60. The van der Waals surface area contributed by atoms with Crippen LogP contribution in [0.1, 0.15) is 30.9 Å². The van der Waals surface area contributed by atoms with Crippen LogP contribution in [0.3, 0.4) is 0 Å². The molecular weight excluding hydrogens is 312 g/mol. The number of nitrogens with one attached hydrogen (secondary N) is 2. The Hall–Kier alpha value is -2.33. The number of carbonyl (C=O) groups excluding carboxylic acids is 1.